The molecular formula is C15H21FO. The molecule has 0 atom stereocenters. The van der Waals surface area contributed by atoms with Gasteiger partial charge in [0.25, 0.3) is 0 Å². The Morgan fingerprint density at radius 2 is 2.00 bits per heavy atom. The van der Waals surface area contributed by atoms with Crippen molar-refractivity contribution in [2.24, 2.45) is 0 Å². The molecular weight excluding hydrogens is 215 g/mol. The van der Waals surface area contributed by atoms with Crippen LogP contribution in [0.1, 0.15) is 50.7 Å². The molecule has 0 heterocycles. The van der Waals surface area contributed by atoms with Crippen LogP contribution in [0.3, 0.4) is 0 Å². The molecule has 0 amide bonds. The van der Waals surface area contributed by atoms with Crippen molar-refractivity contribution in [3.63, 3.8) is 0 Å². The lowest BCUT2D eigenvalue weighted by molar-refractivity contribution is -0.116. The first kappa shape index (κ1) is 13.9. The second kappa shape index (κ2) is 7.21. The van der Waals surface area contributed by atoms with Gasteiger partial charge < -0.3 is 4.79 Å². The molecule has 0 radical (unpaired) electrons. The number of hydrogen-bond donors (Lipinski definition) is 0. The minimum Gasteiger partial charge on any atom is -0.300 e. The summed E-state index contributed by atoms with van der Waals surface area (Å²) in [6.07, 6.45) is 5.37. The van der Waals surface area contributed by atoms with Crippen molar-refractivity contribution in [2.75, 3.05) is 0 Å². The monoisotopic (exact) mass is 236 g/mol. The standard InChI is InChI=1S/C15H21FO/c1-3-4-5-6-14-11-13(8-7-12(2)17)9-10-15(14)16/h9-11H,3-8H2,1-2H3. The topological polar surface area (TPSA) is 17.1 Å². The number of carbonyl (C=O) groups is 1. The van der Waals surface area contributed by atoms with E-state index in [1.165, 1.54) is 6.07 Å². The fraction of sp³-hybridized carbons (Fsp3) is 0.533. The minimum absolute atomic E-state index is 0.118. The predicted molar refractivity (Wildman–Crippen MR) is 68.6 cm³/mol. The van der Waals surface area contributed by atoms with Gasteiger partial charge in [-0.05, 0) is 43.4 Å². The molecule has 0 unspecified atom stereocenters. The van der Waals surface area contributed by atoms with Crippen molar-refractivity contribution in [2.45, 2.75) is 52.4 Å². The second-order valence-electron chi connectivity index (χ2n) is 4.58. The highest BCUT2D eigenvalue weighted by Gasteiger charge is 2.04. The third-order valence-electron chi connectivity index (χ3n) is 2.93. The summed E-state index contributed by atoms with van der Waals surface area (Å²) >= 11 is 0. The summed E-state index contributed by atoms with van der Waals surface area (Å²) in [7, 11) is 0. The Balaban J connectivity index is 2.62. The lowest BCUT2D eigenvalue weighted by atomic mass is 10.0. The van der Waals surface area contributed by atoms with E-state index in [0.29, 0.717) is 6.42 Å². The number of benzene rings is 1. The fourth-order valence-electron chi connectivity index (χ4n) is 1.86. The molecule has 0 aliphatic carbocycles. The van der Waals surface area contributed by atoms with E-state index in [-0.39, 0.29) is 11.6 Å². The van der Waals surface area contributed by atoms with Crippen LogP contribution in [-0.4, -0.2) is 5.78 Å². The Hall–Kier alpha value is -1.18. The van der Waals surface area contributed by atoms with Crippen molar-refractivity contribution < 1.29 is 9.18 Å². The lowest BCUT2D eigenvalue weighted by Gasteiger charge is -2.06. The van der Waals surface area contributed by atoms with Crippen molar-refractivity contribution in [3.8, 4) is 0 Å². The zero-order chi connectivity index (χ0) is 12.7. The Labute approximate surface area is 103 Å². The summed E-state index contributed by atoms with van der Waals surface area (Å²) in [4.78, 5) is 10.9. The average Bonchev–Trinajstić information content (AvgIpc) is 2.30. The van der Waals surface area contributed by atoms with Gasteiger partial charge in [-0.2, -0.15) is 0 Å². The molecule has 2 heteroatoms. The Bertz CT molecular complexity index is 371. The molecule has 1 nitrogen and oxygen atoms in total. The molecule has 0 saturated heterocycles. The predicted octanol–water partition coefficient (Wildman–Crippen LogP) is 4.08. The maximum Gasteiger partial charge on any atom is 0.130 e. The Morgan fingerprint density at radius 1 is 1.24 bits per heavy atom. The van der Waals surface area contributed by atoms with Crippen molar-refractivity contribution in [3.05, 3.63) is 35.1 Å². The van der Waals surface area contributed by atoms with Gasteiger partial charge in [0.1, 0.15) is 11.6 Å². The molecule has 0 saturated carbocycles. The van der Waals surface area contributed by atoms with E-state index in [0.717, 1.165) is 43.2 Å². The van der Waals surface area contributed by atoms with Crippen LogP contribution in [0.5, 0.6) is 0 Å². The third kappa shape index (κ3) is 5.12. The first-order valence-electron chi connectivity index (χ1n) is 6.40. The van der Waals surface area contributed by atoms with Crippen LogP contribution in [0.15, 0.2) is 18.2 Å². The zero-order valence-corrected chi connectivity index (χ0v) is 10.8. The van der Waals surface area contributed by atoms with E-state index in [1.807, 2.05) is 6.07 Å². The highest BCUT2D eigenvalue weighted by molar-refractivity contribution is 5.75. The van der Waals surface area contributed by atoms with Gasteiger partial charge in [0.05, 0.1) is 0 Å². The minimum atomic E-state index is -0.118. The Kier molecular flexibility index (Phi) is 5.88. The van der Waals surface area contributed by atoms with Crippen molar-refractivity contribution in [1.82, 2.24) is 0 Å². The van der Waals surface area contributed by atoms with Crippen LogP contribution in [-0.2, 0) is 17.6 Å². The SMILES string of the molecule is CCCCCc1cc(CCC(C)=O)ccc1F. The van der Waals surface area contributed by atoms with E-state index in [2.05, 4.69) is 6.92 Å². The van der Waals surface area contributed by atoms with Crippen LogP contribution in [0.25, 0.3) is 0 Å². The van der Waals surface area contributed by atoms with E-state index in [1.54, 1.807) is 13.0 Å². The molecule has 1 rings (SSSR count). The fourth-order valence-corrected chi connectivity index (χ4v) is 1.86. The van der Waals surface area contributed by atoms with Gasteiger partial charge in [-0.1, -0.05) is 31.9 Å². The summed E-state index contributed by atoms with van der Waals surface area (Å²) in [6.45, 7) is 3.73. The number of ketones is 1. The van der Waals surface area contributed by atoms with Gasteiger partial charge in [0.2, 0.25) is 0 Å². The number of Topliss-reactive ketones (excluding diaryl/α,β-unsaturated/α-hetero) is 1. The molecule has 0 aliphatic rings. The molecule has 1 aromatic carbocycles. The maximum absolute atomic E-state index is 13.5. The van der Waals surface area contributed by atoms with E-state index in [9.17, 15) is 9.18 Å². The number of hydrogen-bond acceptors (Lipinski definition) is 1. The van der Waals surface area contributed by atoms with Crippen molar-refractivity contribution >= 4 is 5.78 Å². The van der Waals surface area contributed by atoms with Gasteiger partial charge in [-0.25, -0.2) is 4.39 Å². The van der Waals surface area contributed by atoms with Gasteiger partial charge in [0, 0.05) is 6.42 Å². The second-order valence-corrected chi connectivity index (χ2v) is 4.58. The molecule has 0 aliphatic heterocycles. The molecule has 0 bridgehead atoms. The molecule has 94 valence electrons. The van der Waals surface area contributed by atoms with Crippen LogP contribution in [0, 0.1) is 5.82 Å². The molecule has 1 aromatic rings. The van der Waals surface area contributed by atoms with Gasteiger partial charge in [-0.15, -0.1) is 0 Å². The molecule has 0 N–H and O–H groups in total. The summed E-state index contributed by atoms with van der Waals surface area (Å²) < 4.78 is 13.5. The largest absolute Gasteiger partial charge is 0.300 e. The molecule has 17 heavy (non-hydrogen) atoms. The molecule has 0 aromatic heterocycles. The van der Waals surface area contributed by atoms with Crippen LogP contribution >= 0.6 is 0 Å². The summed E-state index contributed by atoms with van der Waals surface area (Å²) in [5.41, 5.74) is 1.85. The zero-order valence-electron chi connectivity index (χ0n) is 10.8. The lowest BCUT2D eigenvalue weighted by Crippen LogP contribution is -1.97. The summed E-state index contributed by atoms with van der Waals surface area (Å²) in [5.74, 6) is 0.0644. The van der Waals surface area contributed by atoms with E-state index >= 15 is 0 Å². The first-order chi connectivity index (χ1) is 8.13. The number of unbranched alkanes of at least 4 members (excludes halogenated alkanes) is 2. The van der Waals surface area contributed by atoms with E-state index in [4.69, 9.17) is 0 Å². The number of halogens is 1. The van der Waals surface area contributed by atoms with Gasteiger partial charge in [0.15, 0.2) is 0 Å². The quantitative estimate of drug-likeness (QED) is 0.652. The van der Waals surface area contributed by atoms with Crippen molar-refractivity contribution in [1.29, 1.82) is 0 Å². The normalized spacial score (nSPS) is 10.5. The highest BCUT2D eigenvalue weighted by Crippen LogP contribution is 2.15. The molecule has 0 spiro atoms. The smallest absolute Gasteiger partial charge is 0.130 e. The maximum atomic E-state index is 13.5. The number of aryl methyl sites for hydroxylation is 2. The summed E-state index contributed by atoms with van der Waals surface area (Å²) in [5, 5.41) is 0. The summed E-state index contributed by atoms with van der Waals surface area (Å²) in [6, 6.07) is 5.21. The van der Waals surface area contributed by atoms with Gasteiger partial charge in [-0.3, -0.25) is 0 Å². The first-order valence-corrected chi connectivity index (χ1v) is 6.40. The van der Waals surface area contributed by atoms with Crippen LogP contribution in [0.4, 0.5) is 4.39 Å². The van der Waals surface area contributed by atoms with E-state index < -0.39 is 0 Å². The van der Waals surface area contributed by atoms with Gasteiger partial charge >= 0.3 is 0 Å². The van der Waals surface area contributed by atoms with Crippen LogP contribution in [0.2, 0.25) is 0 Å². The highest BCUT2D eigenvalue weighted by atomic mass is 19.1. The number of carbonyl (C=O) groups excluding carboxylic acids is 1. The number of rotatable bonds is 7. The molecule has 0 fully saturated rings. The van der Waals surface area contributed by atoms with Crippen LogP contribution < -0.4 is 0 Å². The Morgan fingerprint density at radius 3 is 2.65 bits per heavy atom. The third-order valence-corrected chi connectivity index (χ3v) is 2.93. The average molecular weight is 236 g/mol.